The predicted octanol–water partition coefficient (Wildman–Crippen LogP) is 4.24. The zero-order valence-electron chi connectivity index (χ0n) is 9.81. The number of ether oxygens (including phenoxy) is 1. The van der Waals surface area contributed by atoms with Crippen molar-refractivity contribution >= 4 is 27.7 Å². The number of nitrogens with one attached hydrogen (secondary N) is 1. The van der Waals surface area contributed by atoms with Gasteiger partial charge in [0.05, 0.1) is 0 Å². The molecule has 0 spiro atoms. The molecule has 0 atom stereocenters. The molecule has 19 heavy (non-hydrogen) atoms. The predicted molar refractivity (Wildman–Crippen MR) is 75.1 cm³/mol. The quantitative estimate of drug-likeness (QED) is 0.705. The Morgan fingerprint density at radius 2 is 2.11 bits per heavy atom. The van der Waals surface area contributed by atoms with Gasteiger partial charge in [-0.3, -0.25) is 5.32 Å². The van der Waals surface area contributed by atoms with E-state index in [1.807, 2.05) is 24.3 Å². The van der Waals surface area contributed by atoms with Gasteiger partial charge in [0.1, 0.15) is 11.5 Å². The first-order chi connectivity index (χ1) is 9.13. The van der Waals surface area contributed by atoms with Gasteiger partial charge in [-0.15, -0.1) is 0 Å². The number of anilines is 1. The van der Waals surface area contributed by atoms with E-state index in [2.05, 4.69) is 21.2 Å². The lowest BCUT2D eigenvalue weighted by molar-refractivity contribution is 0.210. The van der Waals surface area contributed by atoms with Crippen molar-refractivity contribution in [3.05, 3.63) is 52.0 Å². The molecule has 0 aliphatic carbocycles. The molecule has 2 aromatic carbocycles. The maximum atomic E-state index is 10.6. The van der Waals surface area contributed by atoms with E-state index >= 15 is 0 Å². The Hall–Kier alpha value is -2.01. The smallest absolute Gasteiger partial charge is 0.409 e. The van der Waals surface area contributed by atoms with Gasteiger partial charge >= 0.3 is 6.09 Å². The number of amides is 1. The minimum atomic E-state index is -1.08. The Labute approximate surface area is 118 Å². The van der Waals surface area contributed by atoms with Gasteiger partial charge < -0.3 is 9.84 Å². The van der Waals surface area contributed by atoms with Crippen LogP contribution in [0.4, 0.5) is 10.5 Å². The Morgan fingerprint density at radius 3 is 2.89 bits per heavy atom. The lowest BCUT2D eigenvalue weighted by Crippen LogP contribution is -2.09. The highest BCUT2D eigenvalue weighted by Gasteiger charge is 2.19. The second-order valence-electron chi connectivity index (χ2n) is 4.25. The Kier molecular flexibility index (Phi) is 2.91. The summed E-state index contributed by atoms with van der Waals surface area (Å²) in [5, 5.41) is 11.0. The van der Waals surface area contributed by atoms with Gasteiger partial charge in [0.25, 0.3) is 0 Å². The molecule has 1 heterocycles. The van der Waals surface area contributed by atoms with E-state index in [0.29, 0.717) is 11.4 Å². The molecule has 0 radical (unpaired) electrons. The topological polar surface area (TPSA) is 58.6 Å². The minimum Gasteiger partial charge on any atom is -0.465 e. The first-order valence-corrected chi connectivity index (χ1v) is 6.51. The number of rotatable bonds is 1. The Bertz CT molecular complexity index is 670. The van der Waals surface area contributed by atoms with Crippen molar-refractivity contribution < 1.29 is 14.6 Å². The molecule has 5 heteroatoms. The van der Waals surface area contributed by atoms with Gasteiger partial charge in [0, 0.05) is 28.2 Å². The first kappa shape index (κ1) is 12.0. The SMILES string of the molecule is O=C(O)Nc1ccc2c(c1)Oc1cccc(Br)c1C2. The van der Waals surface area contributed by atoms with Crippen molar-refractivity contribution in [3.63, 3.8) is 0 Å². The van der Waals surface area contributed by atoms with Crippen LogP contribution in [0.1, 0.15) is 11.1 Å². The maximum absolute atomic E-state index is 10.6. The number of fused-ring (bicyclic) bond motifs is 2. The monoisotopic (exact) mass is 319 g/mol. The molecule has 1 aliphatic rings. The number of carboxylic acid groups (broad SMARTS) is 1. The van der Waals surface area contributed by atoms with Crippen LogP contribution < -0.4 is 10.1 Å². The van der Waals surface area contributed by atoms with E-state index in [0.717, 1.165) is 27.8 Å². The molecule has 2 N–H and O–H groups in total. The minimum absolute atomic E-state index is 0.504. The summed E-state index contributed by atoms with van der Waals surface area (Å²) in [6, 6.07) is 11.1. The summed E-state index contributed by atoms with van der Waals surface area (Å²) in [6.45, 7) is 0. The third-order valence-corrected chi connectivity index (χ3v) is 3.72. The van der Waals surface area contributed by atoms with Crippen LogP contribution in [0.3, 0.4) is 0 Å². The van der Waals surface area contributed by atoms with E-state index in [1.54, 1.807) is 12.1 Å². The van der Waals surface area contributed by atoms with Gasteiger partial charge in [0.2, 0.25) is 0 Å². The van der Waals surface area contributed by atoms with Gasteiger partial charge in [-0.1, -0.05) is 28.1 Å². The number of hydrogen-bond acceptors (Lipinski definition) is 2. The van der Waals surface area contributed by atoms with Crippen LogP contribution in [-0.4, -0.2) is 11.2 Å². The van der Waals surface area contributed by atoms with Gasteiger partial charge in [0.15, 0.2) is 0 Å². The largest absolute Gasteiger partial charge is 0.465 e. The van der Waals surface area contributed by atoms with Crippen LogP contribution in [0.15, 0.2) is 40.9 Å². The molecular weight excluding hydrogens is 310 g/mol. The van der Waals surface area contributed by atoms with Crippen LogP contribution in [-0.2, 0) is 6.42 Å². The van der Waals surface area contributed by atoms with Crippen molar-refractivity contribution in [2.75, 3.05) is 5.32 Å². The molecule has 1 aliphatic heterocycles. The van der Waals surface area contributed by atoms with Crippen molar-refractivity contribution in [2.45, 2.75) is 6.42 Å². The molecule has 0 unspecified atom stereocenters. The van der Waals surface area contributed by atoms with Gasteiger partial charge in [-0.05, 0) is 23.8 Å². The summed E-state index contributed by atoms with van der Waals surface area (Å²) in [5.41, 5.74) is 2.65. The third kappa shape index (κ3) is 2.29. The summed E-state index contributed by atoms with van der Waals surface area (Å²) in [6.07, 6.45) is -0.321. The lowest BCUT2D eigenvalue weighted by Gasteiger charge is -2.21. The Morgan fingerprint density at radius 1 is 1.26 bits per heavy atom. The van der Waals surface area contributed by atoms with E-state index in [1.165, 1.54) is 0 Å². The fourth-order valence-electron chi connectivity index (χ4n) is 2.11. The average Bonchev–Trinajstić information content (AvgIpc) is 2.36. The number of benzene rings is 2. The van der Waals surface area contributed by atoms with Crippen molar-refractivity contribution in [3.8, 4) is 11.5 Å². The zero-order chi connectivity index (χ0) is 13.4. The van der Waals surface area contributed by atoms with Crippen LogP contribution in [0.2, 0.25) is 0 Å². The standard InChI is InChI=1S/C14H10BrNO3/c15-11-2-1-3-12-10(11)6-8-4-5-9(16-14(17)18)7-13(8)19-12/h1-5,7,16H,6H2,(H,17,18). The fraction of sp³-hybridized carbons (Fsp3) is 0.0714. The van der Waals surface area contributed by atoms with E-state index in [-0.39, 0.29) is 0 Å². The summed E-state index contributed by atoms with van der Waals surface area (Å²) in [5.74, 6) is 1.49. The Balaban J connectivity index is 1.98. The van der Waals surface area contributed by atoms with Crippen molar-refractivity contribution in [2.24, 2.45) is 0 Å². The number of halogens is 1. The maximum Gasteiger partial charge on any atom is 0.409 e. The lowest BCUT2D eigenvalue weighted by atomic mass is 10.00. The summed E-state index contributed by atoms with van der Waals surface area (Å²) < 4.78 is 6.83. The van der Waals surface area contributed by atoms with Crippen LogP contribution in [0.5, 0.6) is 11.5 Å². The zero-order valence-corrected chi connectivity index (χ0v) is 11.4. The summed E-state index contributed by atoms with van der Waals surface area (Å²) in [4.78, 5) is 10.6. The van der Waals surface area contributed by atoms with Crippen LogP contribution in [0.25, 0.3) is 0 Å². The molecule has 0 aromatic heterocycles. The molecule has 0 saturated carbocycles. The molecule has 0 bridgehead atoms. The van der Waals surface area contributed by atoms with Crippen molar-refractivity contribution in [1.82, 2.24) is 0 Å². The van der Waals surface area contributed by atoms with Gasteiger partial charge in [-0.2, -0.15) is 0 Å². The second kappa shape index (κ2) is 4.59. The molecule has 0 saturated heterocycles. The van der Waals surface area contributed by atoms with Crippen molar-refractivity contribution in [1.29, 1.82) is 0 Å². The molecular formula is C14H10BrNO3. The first-order valence-electron chi connectivity index (χ1n) is 5.71. The average molecular weight is 320 g/mol. The van der Waals surface area contributed by atoms with E-state index in [4.69, 9.17) is 9.84 Å². The van der Waals surface area contributed by atoms with E-state index in [9.17, 15) is 4.79 Å². The molecule has 96 valence electrons. The van der Waals surface area contributed by atoms with E-state index < -0.39 is 6.09 Å². The summed E-state index contributed by atoms with van der Waals surface area (Å²) >= 11 is 3.51. The number of hydrogen-bond donors (Lipinski definition) is 2. The fourth-order valence-corrected chi connectivity index (χ4v) is 2.60. The normalized spacial score (nSPS) is 12.1. The molecule has 3 rings (SSSR count). The van der Waals surface area contributed by atoms with Crippen LogP contribution in [0, 0.1) is 0 Å². The number of carbonyl (C=O) groups is 1. The van der Waals surface area contributed by atoms with Crippen LogP contribution >= 0.6 is 15.9 Å². The molecule has 0 fully saturated rings. The molecule has 4 nitrogen and oxygen atoms in total. The highest BCUT2D eigenvalue weighted by atomic mass is 79.9. The molecule has 1 amide bonds. The highest BCUT2D eigenvalue weighted by molar-refractivity contribution is 9.10. The van der Waals surface area contributed by atoms with Gasteiger partial charge in [-0.25, -0.2) is 4.79 Å². The second-order valence-corrected chi connectivity index (χ2v) is 5.10. The molecule has 2 aromatic rings. The third-order valence-electron chi connectivity index (χ3n) is 2.98. The summed E-state index contributed by atoms with van der Waals surface area (Å²) in [7, 11) is 0. The highest BCUT2D eigenvalue weighted by Crippen LogP contribution is 2.40.